The molecule has 18 heteroatoms. The number of alkyl halides is 2. The lowest BCUT2D eigenvalue weighted by atomic mass is 10.1. The minimum absolute atomic E-state index is 0.0955. The summed E-state index contributed by atoms with van der Waals surface area (Å²) in [7, 11) is 0. The summed E-state index contributed by atoms with van der Waals surface area (Å²) in [6.45, 7) is 9.74. The summed E-state index contributed by atoms with van der Waals surface area (Å²) < 4.78 is 28.7. The van der Waals surface area contributed by atoms with Gasteiger partial charge in [-0.15, -0.1) is 22.7 Å². The Kier molecular flexibility index (Phi) is 13.0. The number of amides is 2. The molecule has 0 spiro atoms. The van der Waals surface area contributed by atoms with Gasteiger partial charge in [0.2, 0.25) is 11.9 Å². The van der Waals surface area contributed by atoms with Crippen molar-refractivity contribution in [1.29, 1.82) is 0 Å². The maximum Gasteiger partial charge on any atom is 0.274 e. The number of carbonyl (C=O) groups is 2. The van der Waals surface area contributed by atoms with Crippen molar-refractivity contribution in [2.75, 3.05) is 47.9 Å². The Bertz CT molecular complexity index is 2740. The lowest BCUT2D eigenvalue weighted by Crippen LogP contribution is -2.30. The van der Waals surface area contributed by atoms with Gasteiger partial charge in [-0.25, -0.2) is 28.7 Å². The highest BCUT2D eigenvalue weighted by atomic mass is 32.1. The number of nitrogen functional groups attached to an aromatic ring is 1. The Morgan fingerprint density at radius 3 is 1.76 bits per heavy atom. The van der Waals surface area contributed by atoms with E-state index in [0.717, 1.165) is 16.4 Å². The molecule has 2 amide bonds. The fraction of sp³-hybridized carbons (Fsp3) is 0.333. The van der Waals surface area contributed by atoms with Gasteiger partial charge < -0.3 is 31.5 Å². The molecule has 2 aliphatic heterocycles. The summed E-state index contributed by atoms with van der Waals surface area (Å²) in [5.74, 6) is 0.105. The number of thiophene rings is 2. The quantitative estimate of drug-likeness (QED) is 0.0972. The molecule has 8 heterocycles. The number of pyridine rings is 2. The van der Waals surface area contributed by atoms with Gasteiger partial charge in [0.25, 0.3) is 11.8 Å². The predicted molar refractivity (Wildman–Crippen MR) is 246 cm³/mol. The molecule has 0 bridgehead atoms. The Morgan fingerprint density at radius 2 is 1.27 bits per heavy atom. The van der Waals surface area contributed by atoms with E-state index in [0.29, 0.717) is 75.5 Å². The molecule has 1 aromatic carbocycles. The highest BCUT2D eigenvalue weighted by Gasteiger charge is 2.31. The molecule has 6 aromatic heterocycles. The third-order valence-corrected chi connectivity index (χ3v) is 13.0. The Labute approximate surface area is 371 Å². The van der Waals surface area contributed by atoms with E-state index in [9.17, 15) is 18.4 Å². The SMILES string of the molecule is C[C@H](Nc1nc(C(=O)N2CC[C@@H](F)C2)c2sc(N)cc2n1)c1ccccn1.Cc1ccc(CNc2cc3nc(N[C@@H](C)c4ccccn4)nc(C(=O)N4CC[C@@H](F)C4)c3s2)cc1C. The predicted octanol–water partition coefficient (Wildman–Crippen LogP) is 8.70. The maximum absolute atomic E-state index is 13.9. The van der Waals surface area contributed by atoms with Crippen molar-refractivity contribution in [1.82, 2.24) is 39.7 Å². The first kappa shape index (κ1) is 43.3. The Balaban J connectivity index is 0.000000180. The number of aryl methyl sites for hydroxylation is 2. The lowest BCUT2D eigenvalue weighted by molar-refractivity contribution is 0.0772. The molecule has 0 unspecified atom stereocenters. The topological polar surface area (TPSA) is 180 Å². The number of fused-ring (bicyclic) bond motifs is 2. The van der Waals surface area contributed by atoms with E-state index in [2.05, 4.69) is 72.9 Å². The second-order valence-electron chi connectivity index (χ2n) is 15.8. The first-order valence-electron chi connectivity index (χ1n) is 20.8. The van der Waals surface area contributed by atoms with Gasteiger partial charge in [-0.2, -0.15) is 0 Å². The van der Waals surface area contributed by atoms with Gasteiger partial charge in [0.15, 0.2) is 11.4 Å². The monoisotopic (exact) mass is 890 g/mol. The maximum atomic E-state index is 13.9. The summed E-state index contributed by atoms with van der Waals surface area (Å²) in [4.78, 5) is 56.3. The number of carbonyl (C=O) groups excluding carboxylic acids is 2. The smallest absolute Gasteiger partial charge is 0.274 e. The van der Waals surface area contributed by atoms with E-state index in [1.807, 2.05) is 56.3 Å². The van der Waals surface area contributed by atoms with Crippen LogP contribution in [0.5, 0.6) is 0 Å². The molecular formula is C45H48F2N12O2S2. The molecule has 2 fully saturated rings. The average Bonchev–Trinajstić information content (AvgIpc) is 4.10. The van der Waals surface area contributed by atoms with E-state index < -0.39 is 12.3 Å². The normalized spacial score (nSPS) is 17.0. The second kappa shape index (κ2) is 18.9. The van der Waals surface area contributed by atoms with E-state index in [1.54, 1.807) is 23.4 Å². The molecular weight excluding hydrogens is 843 g/mol. The highest BCUT2D eigenvalue weighted by molar-refractivity contribution is 7.23. The van der Waals surface area contributed by atoms with Gasteiger partial charge in [0.1, 0.15) is 12.3 Å². The number of rotatable bonds is 11. The third kappa shape index (κ3) is 10.1. The molecule has 7 aromatic rings. The van der Waals surface area contributed by atoms with Gasteiger partial charge in [-0.1, -0.05) is 30.3 Å². The standard InChI is InChI=1S/C27H29FN6OS.C18H19FN6OS/c1-16-7-8-19(12-17(16)2)14-30-23-13-22-25(36-23)24(26(35)34-11-9-20(28)15-34)33-27(32-22)31-18(3)21-6-4-5-10-29-21;1-10(12-4-2-3-6-21-12)22-18-23-13-8-14(20)27-16(13)15(24-18)17(26)25-7-5-11(19)9-25/h4-8,10,12-13,18,20,30H,9,11,14-15H2,1-3H3,(H,31,32,33);2-4,6,8,10-11H,5,7,9,20H2,1H3,(H,22,23,24)/t18-,20+;10-,11+/m00/s1. The number of hydrogen-bond acceptors (Lipinski definition) is 14. The number of nitrogens with zero attached hydrogens (tertiary/aromatic N) is 8. The molecule has 5 N–H and O–H groups in total. The van der Waals surface area contributed by atoms with Crippen LogP contribution in [0, 0.1) is 13.8 Å². The summed E-state index contributed by atoms with van der Waals surface area (Å²) in [5, 5.41) is 11.4. The fourth-order valence-corrected chi connectivity index (χ4v) is 9.21. The van der Waals surface area contributed by atoms with Crippen molar-refractivity contribution in [3.8, 4) is 0 Å². The van der Waals surface area contributed by atoms with Crippen molar-refractivity contribution in [2.24, 2.45) is 0 Å². The molecule has 14 nitrogen and oxygen atoms in total. The van der Waals surface area contributed by atoms with Gasteiger partial charge in [0.05, 0.1) is 67.0 Å². The van der Waals surface area contributed by atoms with Crippen LogP contribution in [0.3, 0.4) is 0 Å². The molecule has 2 saturated heterocycles. The van der Waals surface area contributed by atoms with Crippen molar-refractivity contribution in [3.05, 3.63) is 119 Å². The zero-order chi connectivity index (χ0) is 44.2. The Morgan fingerprint density at radius 1 is 0.730 bits per heavy atom. The van der Waals surface area contributed by atoms with E-state index >= 15 is 0 Å². The van der Waals surface area contributed by atoms with Crippen LogP contribution < -0.4 is 21.7 Å². The zero-order valence-corrected chi connectivity index (χ0v) is 36.9. The van der Waals surface area contributed by atoms with Crippen molar-refractivity contribution in [3.63, 3.8) is 0 Å². The molecule has 4 atom stereocenters. The van der Waals surface area contributed by atoms with Crippen molar-refractivity contribution >= 4 is 76.8 Å². The second-order valence-corrected chi connectivity index (χ2v) is 17.9. The van der Waals surface area contributed by atoms with E-state index in [-0.39, 0.29) is 42.7 Å². The molecule has 326 valence electrons. The summed E-state index contributed by atoms with van der Waals surface area (Å²) in [6.07, 6.45) is 2.18. The number of benzene rings is 1. The molecule has 0 saturated carbocycles. The van der Waals surface area contributed by atoms with Crippen LogP contribution in [0.15, 0.2) is 79.1 Å². The van der Waals surface area contributed by atoms with Crippen LogP contribution in [0.2, 0.25) is 0 Å². The number of hydrogen-bond donors (Lipinski definition) is 4. The number of likely N-dealkylation sites (tertiary alicyclic amines) is 2. The van der Waals surface area contributed by atoms with Crippen LogP contribution in [-0.2, 0) is 6.54 Å². The van der Waals surface area contributed by atoms with E-state index in [4.69, 9.17) is 10.7 Å². The number of halogens is 2. The summed E-state index contributed by atoms with van der Waals surface area (Å²) in [6, 6.07) is 21.1. The first-order valence-corrected chi connectivity index (χ1v) is 22.4. The van der Waals surface area contributed by atoms with Crippen molar-refractivity contribution in [2.45, 2.75) is 71.5 Å². The molecule has 9 rings (SSSR count). The number of anilines is 4. The Hall–Kier alpha value is -6.40. The first-order chi connectivity index (χ1) is 30.4. The molecule has 0 aliphatic carbocycles. The number of nitrogens with one attached hydrogen (secondary N) is 3. The number of aromatic nitrogens is 6. The van der Waals surface area contributed by atoms with Crippen LogP contribution in [0.1, 0.15) is 87.8 Å². The van der Waals surface area contributed by atoms with Gasteiger partial charge >= 0.3 is 0 Å². The van der Waals surface area contributed by atoms with Crippen LogP contribution in [0.4, 0.5) is 30.7 Å². The van der Waals surface area contributed by atoms with Gasteiger partial charge in [0, 0.05) is 32.0 Å². The fourth-order valence-electron chi connectivity index (χ4n) is 7.39. The largest absolute Gasteiger partial charge is 0.391 e. The average molecular weight is 891 g/mol. The molecule has 2 aliphatic rings. The van der Waals surface area contributed by atoms with Crippen LogP contribution >= 0.6 is 22.7 Å². The highest BCUT2D eigenvalue weighted by Crippen LogP contribution is 2.34. The molecule has 0 radical (unpaired) electrons. The summed E-state index contributed by atoms with van der Waals surface area (Å²) >= 11 is 2.71. The number of nitrogens with two attached hydrogens (primary N) is 1. The van der Waals surface area contributed by atoms with Crippen LogP contribution in [-0.4, -0.2) is 90.0 Å². The lowest BCUT2D eigenvalue weighted by Gasteiger charge is -2.17. The van der Waals surface area contributed by atoms with E-state index in [1.165, 1.54) is 44.3 Å². The van der Waals surface area contributed by atoms with Gasteiger partial charge in [-0.3, -0.25) is 19.6 Å². The minimum atomic E-state index is -0.994. The van der Waals surface area contributed by atoms with Crippen molar-refractivity contribution < 1.29 is 18.4 Å². The zero-order valence-electron chi connectivity index (χ0n) is 35.3. The summed E-state index contributed by atoms with van der Waals surface area (Å²) in [5.41, 5.74) is 13.1. The minimum Gasteiger partial charge on any atom is -0.391 e. The van der Waals surface area contributed by atoms with Crippen LogP contribution in [0.25, 0.3) is 20.4 Å². The molecule has 63 heavy (non-hydrogen) atoms. The van der Waals surface area contributed by atoms with Gasteiger partial charge in [-0.05, 0) is 93.6 Å². The third-order valence-electron chi connectivity index (χ3n) is 11.0.